The fourth-order valence-corrected chi connectivity index (χ4v) is 6.26. The zero-order chi connectivity index (χ0) is 28.0. The molecule has 41 heavy (non-hydrogen) atoms. The molecule has 0 aliphatic rings. The molecule has 212 valence electrons. The fraction of sp³-hybridized carbons (Fsp3) is 0.233. The minimum absolute atomic E-state index is 0. The van der Waals surface area contributed by atoms with Crippen molar-refractivity contribution in [3.8, 4) is 5.75 Å². The van der Waals surface area contributed by atoms with E-state index < -0.39 is 31.9 Å². The van der Waals surface area contributed by atoms with Gasteiger partial charge in [-0.15, -0.1) is 11.3 Å². The van der Waals surface area contributed by atoms with Crippen LogP contribution in [0.4, 0.5) is 8.78 Å². The SMILES string of the molecule is CC(C)CC(NP(Oc1ccccc1)C(F)(F)c1ccc2sc(C(=O)O)cc2c1)C(=O)OCc1ccccc1.[CH3-].[Cs+]. The number of ether oxygens (including phenoxy) is 1. The van der Waals surface area contributed by atoms with Crippen molar-refractivity contribution in [1.29, 1.82) is 0 Å². The number of fused-ring (bicyclic) bond motifs is 1. The van der Waals surface area contributed by atoms with Crippen LogP contribution < -0.4 is 78.5 Å². The van der Waals surface area contributed by atoms with Crippen LogP contribution in [-0.4, -0.2) is 23.1 Å². The molecule has 4 rings (SSSR count). The summed E-state index contributed by atoms with van der Waals surface area (Å²) in [5, 5.41) is 12.5. The summed E-state index contributed by atoms with van der Waals surface area (Å²) in [4.78, 5) is 24.5. The topological polar surface area (TPSA) is 84.9 Å². The van der Waals surface area contributed by atoms with E-state index in [9.17, 15) is 14.7 Å². The number of thiophene rings is 1. The van der Waals surface area contributed by atoms with Gasteiger partial charge in [-0.3, -0.25) is 4.79 Å². The second-order valence-corrected chi connectivity index (χ2v) is 12.0. The Morgan fingerprint density at radius 3 is 2.24 bits per heavy atom. The van der Waals surface area contributed by atoms with Crippen LogP contribution >= 0.6 is 19.6 Å². The van der Waals surface area contributed by atoms with Crippen molar-refractivity contribution < 1.29 is 102 Å². The maximum Gasteiger partial charge on any atom is 1.00 e. The molecule has 2 unspecified atom stereocenters. The predicted molar refractivity (Wildman–Crippen MR) is 156 cm³/mol. The van der Waals surface area contributed by atoms with E-state index in [1.165, 1.54) is 24.3 Å². The smallest absolute Gasteiger partial charge is 0.477 e. The van der Waals surface area contributed by atoms with Crippen LogP contribution in [0, 0.1) is 13.3 Å². The summed E-state index contributed by atoms with van der Waals surface area (Å²) in [5.74, 6) is -1.54. The van der Waals surface area contributed by atoms with E-state index in [1.807, 2.05) is 44.2 Å². The van der Waals surface area contributed by atoms with Gasteiger partial charge < -0.3 is 21.8 Å². The summed E-state index contributed by atoms with van der Waals surface area (Å²) < 4.78 is 44.3. The van der Waals surface area contributed by atoms with E-state index in [2.05, 4.69) is 5.09 Å². The first kappa shape index (κ1) is 35.9. The average molecular weight is 720 g/mol. The summed E-state index contributed by atoms with van der Waals surface area (Å²) >= 11 is 1.01. The molecule has 0 saturated heterocycles. The first-order valence-corrected chi connectivity index (χ1v) is 14.4. The second-order valence-electron chi connectivity index (χ2n) is 9.31. The monoisotopic (exact) mass is 719 g/mol. The first-order valence-electron chi connectivity index (χ1n) is 12.3. The number of carboxylic acids is 1. The van der Waals surface area contributed by atoms with E-state index in [1.54, 1.807) is 30.3 Å². The molecule has 6 nitrogen and oxygen atoms in total. The summed E-state index contributed by atoms with van der Waals surface area (Å²) in [6.45, 7) is 3.80. The Bertz CT molecular complexity index is 1420. The van der Waals surface area contributed by atoms with Gasteiger partial charge in [-0.2, -0.15) is 8.78 Å². The van der Waals surface area contributed by atoms with Gasteiger partial charge in [0.1, 0.15) is 23.3 Å². The number of carbonyl (C=O) groups is 2. The summed E-state index contributed by atoms with van der Waals surface area (Å²) in [5.41, 5.74) is -3.10. The van der Waals surface area contributed by atoms with Crippen LogP contribution in [0.3, 0.4) is 0 Å². The summed E-state index contributed by atoms with van der Waals surface area (Å²) in [6, 6.07) is 21.7. The molecule has 1 heterocycles. The number of carbonyl (C=O) groups excluding carboxylic acids is 1. The molecule has 4 aromatic rings. The molecule has 1 aromatic heterocycles. The molecular formula is C30H31CsF2NO5PS. The van der Waals surface area contributed by atoms with Gasteiger partial charge in [-0.05, 0) is 53.6 Å². The third-order valence-electron chi connectivity index (χ3n) is 5.76. The van der Waals surface area contributed by atoms with Gasteiger partial charge in [0.2, 0.25) is 8.30 Å². The molecule has 3 aromatic carbocycles. The van der Waals surface area contributed by atoms with Crippen molar-refractivity contribution in [2.24, 2.45) is 5.92 Å². The number of para-hydroxylation sites is 1. The van der Waals surface area contributed by atoms with Gasteiger partial charge in [-0.1, -0.05) is 68.4 Å². The quantitative estimate of drug-likeness (QED) is 0.119. The first-order chi connectivity index (χ1) is 18.6. The standard InChI is InChI=1S/C29H28F2NO5PS.CH3.Cs/c1-19(2)15-24(28(35)36-18-20-9-5-3-6-10-20)32-38(37-23-11-7-4-8-12-23)29(30,31)22-13-14-25-21(16-22)17-26(39-25)27(33)34;;/h3-14,16-17,19,24,32H,15,18H2,1-2H3,(H,33,34);1H3;/q;-1;+1. The number of benzene rings is 3. The third kappa shape index (κ3) is 9.84. The van der Waals surface area contributed by atoms with Gasteiger partial charge >= 0.3 is 86.5 Å². The van der Waals surface area contributed by atoms with Crippen molar-refractivity contribution in [3.05, 3.63) is 108 Å². The zero-order valence-electron chi connectivity index (χ0n) is 23.3. The van der Waals surface area contributed by atoms with E-state index in [0.29, 0.717) is 10.1 Å². The van der Waals surface area contributed by atoms with Crippen LogP contribution in [0.25, 0.3) is 10.1 Å². The number of carboxylic acid groups (broad SMARTS) is 1. The Labute approximate surface area is 303 Å². The van der Waals surface area contributed by atoms with Gasteiger partial charge in [0, 0.05) is 10.3 Å². The number of nitrogens with one attached hydrogen (secondary N) is 1. The molecule has 0 saturated carbocycles. The van der Waals surface area contributed by atoms with Crippen LogP contribution in [0.15, 0.2) is 84.9 Å². The second kappa shape index (κ2) is 16.5. The molecule has 11 heteroatoms. The van der Waals surface area contributed by atoms with Gasteiger partial charge in [0.25, 0.3) is 0 Å². The number of rotatable bonds is 12. The van der Waals surface area contributed by atoms with Crippen LogP contribution in [0.1, 0.15) is 41.1 Å². The van der Waals surface area contributed by atoms with Gasteiger partial charge in [-0.25, -0.2) is 9.88 Å². The average Bonchev–Trinajstić information content (AvgIpc) is 3.36. The number of hydrogen-bond donors (Lipinski definition) is 2. The number of alkyl halides is 2. The molecule has 2 atom stereocenters. The molecule has 2 N–H and O–H groups in total. The maximum absolute atomic E-state index is 16.2. The van der Waals surface area contributed by atoms with Crippen LogP contribution in [0.2, 0.25) is 0 Å². The van der Waals surface area contributed by atoms with Crippen LogP contribution in [0.5, 0.6) is 5.75 Å². The summed E-state index contributed by atoms with van der Waals surface area (Å²) in [6.07, 6.45) is 0.256. The molecular weight excluding hydrogens is 688 g/mol. The molecule has 0 radical (unpaired) electrons. The van der Waals surface area contributed by atoms with Crippen molar-refractivity contribution in [2.45, 2.75) is 38.6 Å². The van der Waals surface area contributed by atoms with E-state index in [-0.39, 0.29) is 111 Å². The predicted octanol–water partition coefficient (Wildman–Crippen LogP) is 5.24. The molecule has 0 spiro atoms. The molecule has 0 amide bonds. The number of aromatic carboxylic acids is 1. The number of halogens is 2. The van der Waals surface area contributed by atoms with E-state index in [0.717, 1.165) is 16.9 Å². The molecule has 0 aliphatic heterocycles. The minimum Gasteiger partial charge on any atom is -0.477 e. The Morgan fingerprint density at radius 1 is 1.00 bits per heavy atom. The largest absolute Gasteiger partial charge is 1.00 e. The van der Waals surface area contributed by atoms with Crippen molar-refractivity contribution >= 4 is 41.7 Å². The van der Waals surface area contributed by atoms with Crippen LogP contribution in [-0.2, 0) is 21.8 Å². The van der Waals surface area contributed by atoms with E-state index in [4.69, 9.17) is 9.26 Å². The third-order valence-corrected chi connectivity index (χ3v) is 8.57. The Hall–Kier alpha value is -1.34. The van der Waals surface area contributed by atoms with Gasteiger partial charge in [0.05, 0.1) is 0 Å². The minimum atomic E-state index is -3.54. The Balaban J connectivity index is 0.00000294. The van der Waals surface area contributed by atoms with Gasteiger partial charge in [0.15, 0.2) is 0 Å². The van der Waals surface area contributed by atoms with Crippen molar-refractivity contribution in [1.82, 2.24) is 5.09 Å². The normalized spacial score (nSPS) is 12.6. The van der Waals surface area contributed by atoms with Crippen molar-refractivity contribution in [2.75, 3.05) is 0 Å². The maximum atomic E-state index is 16.2. The zero-order valence-corrected chi connectivity index (χ0v) is 31.3. The number of esters is 1. The Morgan fingerprint density at radius 2 is 1.63 bits per heavy atom. The van der Waals surface area contributed by atoms with E-state index >= 15 is 8.78 Å². The number of hydrogen-bond acceptors (Lipinski definition) is 6. The van der Waals surface area contributed by atoms with Crippen molar-refractivity contribution in [3.63, 3.8) is 0 Å². The molecule has 0 aliphatic carbocycles. The molecule has 0 bridgehead atoms. The summed E-state index contributed by atoms with van der Waals surface area (Å²) in [7, 11) is -2.78. The Kier molecular flexibility index (Phi) is 14.4. The molecule has 0 fully saturated rings. The fourth-order valence-electron chi connectivity index (χ4n) is 3.85.